The van der Waals surface area contributed by atoms with Crippen molar-refractivity contribution in [3.63, 3.8) is 0 Å². The summed E-state index contributed by atoms with van der Waals surface area (Å²) < 4.78 is 0. The van der Waals surface area contributed by atoms with Crippen LogP contribution in [0.4, 0.5) is 0 Å². The zero-order valence-corrected chi connectivity index (χ0v) is 5.61. The molecule has 7 heavy (non-hydrogen) atoms. The van der Waals surface area contributed by atoms with E-state index in [1.54, 1.807) is 0 Å². The molecule has 1 nitrogen and oxygen atoms in total. The average molecular weight is 182 g/mol. The van der Waals surface area contributed by atoms with Crippen LogP contribution in [-0.4, -0.2) is 6.54 Å². The van der Waals surface area contributed by atoms with Gasteiger partial charge in [0.15, 0.2) is 0 Å². The van der Waals surface area contributed by atoms with Crippen LogP contribution in [0.2, 0.25) is 0 Å². The van der Waals surface area contributed by atoms with Gasteiger partial charge in [-0.15, -0.1) is 0 Å². The Morgan fingerprint density at radius 1 is 1.29 bits per heavy atom. The molecule has 0 bridgehead atoms. The van der Waals surface area contributed by atoms with Gasteiger partial charge < -0.3 is 5.32 Å². The van der Waals surface area contributed by atoms with Crippen molar-refractivity contribution in [2.75, 3.05) is 6.54 Å². The molecular weight excluding hydrogens is 175 g/mol. The first-order chi connectivity index (χ1) is 3.00. The Morgan fingerprint density at radius 2 is 2.14 bits per heavy atom. The van der Waals surface area contributed by atoms with Crippen molar-refractivity contribution in [3.8, 4) is 0 Å². The largest absolute Gasteiger partial charge is 0.387 e. The summed E-state index contributed by atoms with van der Waals surface area (Å²) in [6.45, 7) is 0.983. The van der Waals surface area contributed by atoms with E-state index in [9.17, 15) is 0 Å². The molecular formula is C5H7NRu. The van der Waals surface area contributed by atoms with Crippen molar-refractivity contribution in [3.05, 3.63) is 24.4 Å². The molecule has 0 atom stereocenters. The normalized spacial score (nSPS) is 14.9. The molecule has 0 spiro atoms. The van der Waals surface area contributed by atoms with Gasteiger partial charge in [0, 0.05) is 26.0 Å². The molecule has 0 radical (unpaired) electrons. The van der Waals surface area contributed by atoms with Crippen LogP contribution in [0, 0.1) is 0 Å². The van der Waals surface area contributed by atoms with E-state index in [1.807, 2.05) is 18.4 Å². The molecule has 2 heteroatoms. The molecule has 0 amide bonds. The smallest absolute Gasteiger partial charge is 0.0328 e. The number of dihydropyridines is 1. The van der Waals surface area contributed by atoms with Gasteiger partial charge in [-0.3, -0.25) is 0 Å². The summed E-state index contributed by atoms with van der Waals surface area (Å²) in [6.07, 6.45) is 8.00. The standard InChI is InChI=1S/C5H7N.Ru/c1-2-4-6-5-3-1;/h1-4,6H,5H2;. The zero-order chi connectivity index (χ0) is 4.24. The average Bonchev–Trinajstić information content (AvgIpc) is 1.72. The monoisotopic (exact) mass is 183 g/mol. The Bertz CT molecular complexity index is 74.1. The SMILES string of the molecule is C1=CCNC=C1.[Ru]. The first kappa shape index (κ1) is 6.90. The summed E-state index contributed by atoms with van der Waals surface area (Å²) >= 11 is 0. The fourth-order valence-corrected chi connectivity index (χ4v) is 0.406. The Hall–Kier alpha value is -0.0966. The van der Waals surface area contributed by atoms with Gasteiger partial charge in [-0.1, -0.05) is 12.2 Å². The maximum Gasteiger partial charge on any atom is 0.0328 e. The zero-order valence-electron chi connectivity index (χ0n) is 3.87. The van der Waals surface area contributed by atoms with Crippen molar-refractivity contribution in [1.82, 2.24) is 5.32 Å². The quantitative estimate of drug-likeness (QED) is 0.542. The minimum absolute atomic E-state index is 0. The van der Waals surface area contributed by atoms with Gasteiger partial charge >= 0.3 is 0 Å². The van der Waals surface area contributed by atoms with E-state index in [1.165, 1.54) is 0 Å². The summed E-state index contributed by atoms with van der Waals surface area (Å²) in [6, 6.07) is 0. The summed E-state index contributed by atoms with van der Waals surface area (Å²) in [5.41, 5.74) is 0. The molecule has 1 rings (SSSR count). The van der Waals surface area contributed by atoms with Crippen LogP contribution in [-0.2, 0) is 19.5 Å². The maximum atomic E-state index is 3.02. The van der Waals surface area contributed by atoms with E-state index < -0.39 is 0 Å². The van der Waals surface area contributed by atoms with E-state index in [0.29, 0.717) is 0 Å². The molecule has 1 aliphatic rings. The number of nitrogens with one attached hydrogen (secondary N) is 1. The number of hydrogen-bond acceptors (Lipinski definition) is 1. The fourth-order valence-electron chi connectivity index (χ4n) is 0.406. The predicted molar refractivity (Wildman–Crippen MR) is 26.3 cm³/mol. The Kier molecular flexibility index (Phi) is 4.02. The van der Waals surface area contributed by atoms with Gasteiger partial charge in [-0.05, 0) is 12.3 Å². The Balaban J connectivity index is 0.000000360. The third-order valence-electron chi connectivity index (χ3n) is 0.697. The van der Waals surface area contributed by atoms with Crippen molar-refractivity contribution in [1.29, 1.82) is 0 Å². The number of rotatable bonds is 0. The molecule has 0 aromatic carbocycles. The van der Waals surface area contributed by atoms with Crippen LogP contribution in [0.5, 0.6) is 0 Å². The third-order valence-corrected chi connectivity index (χ3v) is 0.697. The molecule has 0 unspecified atom stereocenters. The summed E-state index contributed by atoms with van der Waals surface area (Å²) in [5.74, 6) is 0. The predicted octanol–water partition coefficient (Wildman–Crippen LogP) is 0.657. The van der Waals surface area contributed by atoms with Crippen molar-refractivity contribution in [2.24, 2.45) is 0 Å². The first-order valence-electron chi connectivity index (χ1n) is 2.05. The summed E-state index contributed by atoms with van der Waals surface area (Å²) in [7, 11) is 0. The molecule has 1 heterocycles. The van der Waals surface area contributed by atoms with E-state index in [4.69, 9.17) is 0 Å². The Morgan fingerprint density at radius 3 is 2.29 bits per heavy atom. The topological polar surface area (TPSA) is 12.0 Å². The second-order valence-corrected chi connectivity index (χ2v) is 1.20. The van der Waals surface area contributed by atoms with E-state index in [-0.39, 0.29) is 19.5 Å². The number of allylic oxidation sites excluding steroid dienone is 2. The van der Waals surface area contributed by atoms with Gasteiger partial charge in [0.2, 0.25) is 0 Å². The minimum atomic E-state index is 0. The van der Waals surface area contributed by atoms with Gasteiger partial charge in [0.1, 0.15) is 0 Å². The summed E-state index contributed by atoms with van der Waals surface area (Å²) in [4.78, 5) is 0. The van der Waals surface area contributed by atoms with Crippen molar-refractivity contribution >= 4 is 0 Å². The van der Waals surface area contributed by atoms with Crippen LogP contribution in [0.25, 0.3) is 0 Å². The molecule has 0 saturated heterocycles. The van der Waals surface area contributed by atoms with Crippen LogP contribution >= 0.6 is 0 Å². The van der Waals surface area contributed by atoms with Gasteiger partial charge in [0.05, 0.1) is 0 Å². The molecule has 0 aromatic heterocycles. The maximum absolute atomic E-state index is 3.02. The van der Waals surface area contributed by atoms with Crippen LogP contribution in [0.15, 0.2) is 24.4 Å². The Labute approximate surface area is 56.2 Å². The summed E-state index contributed by atoms with van der Waals surface area (Å²) in [5, 5.41) is 3.02. The molecule has 0 fully saturated rings. The van der Waals surface area contributed by atoms with Crippen molar-refractivity contribution in [2.45, 2.75) is 0 Å². The van der Waals surface area contributed by atoms with E-state index >= 15 is 0 Å². The first-order valence-corrected chi connectivity index (χ1v) is 2.05. The second kappa shape index (κ2) is 4.07. The molecule has 40 valence electrons. The van der Waals surface area contributed by atoms with Gasteiger partial charge in [0.25, 0.3) is 0 Å². The molecule has 1 N–H and O–H groups in total. The van der Waals surface area contributed by atoms with E-state index in [2.05, 4.69) is 11.4 Å². The van der Waals surface area contributed by atoms with Crippen molar-refractivity contribution < 1.29 is 19.5 Å². The molecule has 0 aromatic rings. The fraction of sp³-hybridized carbons (Fsp3) is 0.200. The van der Waals surface area contributed by atoms with Crippen LogP contribution < -0.4 is 5.32 Å². The van der Waals surface area contributed by atoms with Crippen LogP contribution in [0.3, 0.4) is 0 Å². The molecule has 1 aliphatic heterocycles. The molecule has 0 saturated carbocycles. The van der Waals surface area contributed by atoms with Gasteiger partial charge in [-0.2, -0.15) is 0 Å². The minimum Gasteiger partial charge on any atom is -0.387 e. The van der Waals surface area contributed by atoms with E-state index in [0.717, 1.165) is 6.54 Å². The third kappa shape index (κ3) is 2.58. The second-order valence-electron chi connectivity index (χ2n) is 1.20. The number of hydrogen-bond donors (Lipinski definition) is 1. The van der Waals surface area contributed by atoms with Crippen LogP contribution in [0.1, 0.15) is 0 Å². The van der Waals surface area contributed by atoms with Gasteiger partial charge in [-0.25, -0.2) is 0 Å². The molecule has 0 aliphatic carbocycles.